The average molecular weight is 261 g/mol. The van der Waals surface area contributed by atoms with E-state index in [0.29, 0.717) is 5.75 Å². The van der Waals surface area contributed by atoms with Crippen molar-refractivity contribution in [1.82, 2.24) is 0 Å². The van der Waals surface area contributed by atoms with Crippen molar-refractivity contribution in [3.05, 3.63) is 59.9 Å². The van der Waals surface area contributed by atoms with Gasteiger partial charge in [0.05, 0.1) is 25.4 Å². The van der Waals surface area contributed by atoms with Gasteiger partial charge in [0.2, 0.25) is 0 Å². The molecule has 100 valence electrons. The Labute approximate surface area is 111 Å². The van der Waals surface area contributed by atoms with Crippen LogP contribution < -0.4 is 10.1 Å². The second-order valence-corrected chi connectivity index (χ2v) is 4.13. The molecule has 19 heavy (non-hydrogen) atoms. The maximum absolute atomic E-state index is 12.9. The number of hydrogen-bond acceptors (Lipinski definition) is 3. The Morgan fingerprint density at radius 3 is 2.47 bits per heavy atom. The fraction of sp³-hybridized carbons (Fsp3) is 0.200. The normalized spacial score (nSPS) is 11.9. The van der Waals surface area contributed by atoms with E-state index in [4.69, 9.17) is 4.74 Å². The van der Waals surface area contributed by atoms with Gasteiger partial charge in [-0.1, -0.05) is 24.3 Å². The van der Waals surface area contributed by atoms with Crippen molar-refractivity contribution < 1.29 is 14.2 Å². The number of ether oxygens (including phenoxy) is 1. The molecule has 0 aliphatic carbocycles. The first-order valence-electron chi connectivity index (χ1n) is 6.00. The second kappa shape index (κ2) is 6.20. The van der Waals surface area contributed by atoms with E-state index in [9.17, 15) is 9.50 Å². The minimum atomic E-state index is -0.308. The summed E-state index contributed by atoms with van der Waals surface area (Å²) in [5.41, 5.74) is 1.60. The van der Waals surface area contributed by atoms with Crippen LogP contribution in [0.1, 0.15) is 11.6 Å². The number of methoxy groups -OCH3 is 1. The van der Waals surface area contributed by atoms with E-state index in [1.165, 1.54) is 12.1 Å². The first-order chi connectivity index (χ1) is 9.24. The van der Waals surface area contributed by atoms with E-state index in [0.717, 1.165) is 11.3 Å². The number of rotatable bonds is 5. The van der Waals surface area contributed by atoms with E-state index in [1.54, 1.807) is 19.2 Å². The quantitative estimate of drug-likeness (QED) is 0.869. The van der Waals surface area contributed by atoms with E-state index >= 15 is 0 Å². The van der Waals surface area contributed by atoms with Crippen molar-refractivity contribution in [2.45, 2.75) is 6.04 Å². The molecule has 1 unspecified atom stereocenters. The summed E-state index contributed by atoms with van der Waals surface area (Å²) in [7, 11) is 1.59. The number of benzene rings is 2. The van der Waals surface area contributed by atoms with Gasteiger partial charge in [0.15, 0.2) is 0 Å². The van der Waals surface area contributed by atoms with E-state index < -0.39 is 0 Å². The number of nitrogens with one attached hydrogen (secondary N) is 1. The van der Waals surface area contributed by atoms with Gasteiger partial charge in [-0.15, -0.1) is 0 Å². The molecule has 0 saturated carbocycles. The third-order valence-corrected chi connectivity index (χ3v) is 2.89. The Kier molecular flexibility index (Phi) is 4.36. The first kappa shape index (κ1) is 13.4. The molecule has 0 spiro atoms. The van der Waals surface area contributed by atoms with Crippen LogP contribution >= 0.6 is 0 Å². The lowest BCUT2D eigenvalue weighted by Gasteiger charge is -2.19. The Hall–Kier alpha value is -2.07. The highest BCUT2D eigenvalue weighted by molar-refractivity contribution is 5.57. The van der Waals surface area contributed by atoms with Gasteiger partial charge < -0.3 is 15.2 Å². The first-order valence-corrected chi connectivity index (χ1v) is 6.00. The molecule has 2 rings (SSSR count). The lowest BCUT2D eigenvalue weighted by atomic mass is 10.1. The maximum Gasteiger partial charge on any atom is 0.141 e. The molecule has 0 saturated heterocycles. The topological polar surface area (TPSA) is 41.5 Å². The molecular formula is C15H16FNO2. The molecule has 0 fully saturated rings. The van der Waals surface area contributed by atoms with Crippen molar-refractivity contribution in [1.29, 1.82) is 0 Å². The van der Waals surface area contributed by atoms with Crippen molar-refractivity contribution >= 4 is 5.69 Å². The molecule has 1 atom stereocenters. The fourth-order valence-electron chi connectivity index (χ4n) is 1.88. The maximum atomic E-state index is 12.9. The van der Waals surface area contributed by atoms with Crippen molar-refractivity contribution in [2.24, 2.45) is 0 Å². The van der Waals surface area contributed by atoms with Crippen LogP contribution in [0.5, 0.6) is 5.75 Å². The summed E-state index contributed by atoms with van der Waals surface area (Å²) < 4.78 is 18.1. The largest absolute Gasteiger partial charge is 0.495 e. The third kappa shape index (κ3) is 3.23. The number of halogens is 1. The molecular weight excluding hydrogens is 245 g/mol. The van der Waals surface area contributed by atoms with Gasteiger partial charge in [0.25, 0.3) is 0 Å². The zero-order valence-electron chi connectivity index (χ0n) is 10.6. The van der Waals surface area contributed by atoms with Gasteiger partial charge >= 0.3 is 0 Å². The van der Waals surface area contributed by atoms with Crippen LogP contribution in [0.2, 0.25) is 0 Å². The standard InChI is InChI=1S/C15H16FNO2/c1-19-15-5-3-2-4-13(15)17-14(10-18)11-6-8-12(16)9-7-11/h2-9,14,17-18H,10H2,1H3. The van der Waals surface area contributed by atoms with Crippen LogP contribution in [0.25, 0.3) is 0 Å². The molecule has 0 aliphatic rings. The summed E-state index contributed by atoms with van der Waals surface area (Å²) in [5, 5.41) is 12.7. The van der Waals surface area contributed by atoms with Crippen LogP contribution in [-0.2, 0) is 0 Å². The number of aliphatic hydroxyl groups is 1. The number of anilines is 1. The molecule has 0 aliphatic heterocycles. The van der Waals surface area contributed by atoms with Gasteiger partial charge in [0.1, 0.15) is 11.6 Å². The molecule has 2 aromatic rings. The molecule has 2 N–H and O–H groups in total. The minimum Gasteiger partial charge on any atom is -0.495 e. The number of para-hydroxylation sites is 2. The predicted octanol–water partition coefficient (Wildman–Crippen LogP) is 2.98. The van der Waals surface area contributed by atoms with Gasteiger partial charge in [-0.25, -0.2) is 4.39 Å². The molecule has 0 heterocycles. The highest BCUT2D eigenvalue weighted by Gasteiger charge is 2.12. The molecule has 0 aromatic heterocycles. The van der Waals surface area contributed by atoms with Gasteiger partial charge in [-0.3, -0.25) is 0 Å². The third-order valence-electron chi connectivity index (χ3n) is 2.89. The Bertz CT molecular complexity index is 528. The lowest BCUT2D eigenvalue weighted by Crippen LogP contribution is -2.15. The van der Waals surface area contributed by atoms with E-state index in [-0.39, 0.29) is 18.5 Å². The summed E-state index contributed by atoms with van der Waals surface area (Å²) >= 11 is 0. The van der Waals surface area contributed by atoms with Crippen LogP contribution in [0.4, 0.5) is 10.1 Å². The zero-order valence-corrected chi connectivity index (χ0v) is 10.6. The molecule has 4 heteroatoms. The zero-order chi connectivity index (χ0) is 13.7. The van der Waals surface area contributed by atoms with Crippen LogP contribution in [0.3, 0.4) is 0 Å². The second-order valence-electron chi connectivity index (χ2n) is 4.13. The van der Waals surface area contributed by atoms with Crippen LogP contribution in [-0.4, -0.2) is 18.8 Å². The minimum absolute atomic E-state index is 0.0936. The Balaban J connectivity index is 2.21. The SMILES string of the molecule is COc1ccccc1NC(CO)c1ccc(F)cc1. The number of aliphatic hydroxyl groups excluding tert-OH is 1. The van der Waals surface area contributed by atoms with Crippen molar-refractivity contribution in [2.75, 3.05) is 19.0 Å². The summed E-state index contributed by atoms with van der Waals surface area (Å²) in [4.78, 5) is 0. The summed E-state index contributed by atoms with van der Waals surface area (Å²) in [5.74, 6) is 0.404. The van der Waals surface area contributed by atoms with Crippen molar-refractivity contribution in [3.63, 3.8) is 0 Å². The van der Waals surface area contributed by atoms with Crippen LogP contribution in [0.15, 0.2) is 48.5 Å². The average Bonchev–Trinajstić information content (AvgIpc) is 2.46. The van der Waals surface area contributed by atoms with E-state index in [2.05, 4.69) is 5.32 Å². The molecule has 0 amide bonds. The highest BCUT2D eigenvalue weighted by Crippen LogP contribution is 2.27. The summed E-state index contributed by atoms with van der Waals surface area (Å²) in [6.07, 6.45) is 0. The number of hydrogen-bond donors (Lipinski definition) is 2. The lowest BCUT2D eigenvalue weighted by molar-refractivity contribution is 0.276. The van der Waals surface area contributed by atoms with Crippen LogP contribution in [0, 0.1) is 5.82 Å². The molecule has 0 bridgehead atoms. The predicted molar refractivity (Wildman–Crippen MR) is 72.8 cm³/mol. The molecule has 0 radical (unpaired) electrons. The Morgan fingerprint density at radius 2 is 1.84 bits per heavy atom. The summed E-state index contributed by atoms with van der Waals surface area (Å²) in [6, 6.07) is 13.2. The van der Waals surface area contributed by atoms with Gasteiger partial charge in [0, 0.05) is 0 Å². The Morgan fingerprint density at radius 1 is 1.16 bits per heavy atom. The monoisotopic (exact) mass is 261 g/mol. The molecule has 3 nitrogen and oxygen atoms in total. The van der Waals surface area contributed by atoms with Crippen molar-refractivity contribution in [3.8, 4) is 5.75 Å². The van der Waals surface area contributed by atoms with Gasteiger partial charge in [-0.05, 0) is 29.8 Å². The summed E-state index contributed by atoms with van der Waals surface area (Å²) in [6.45, 7) is -0.0936. The van der Waals surface area contributed by atoms with E-state index in [1.807, 2.05) is 24.3 Å². The smallest absolute Gasteiger partial charge is 0.141 e. The molecule has 2 aromatic carbocycles. The van der Waals surface area contributed by atoms with Gasteiger partial charge in [-0.2, -0.15) is 0 Å². The highest BCUT2D eigenvalue weighted by atomic mass is 19.1. The fourth-order valence-corrected chi connectivity index (χ4v) is 1.88.